The molecule has 1 aliphatic carbocycles. The minimum Gasteiger partial charge on any atom is -0.391 e. The van der Waals surface area contributed by atoms with E-state index in [1.807, 2.05) is 19.1 Å². The molecule has 0 radical (unpaired) electrons. The first-order valence-corrected chi connectivity index (χ1v) is 7.32. The summed E-state index contributed by atoms with van der Waals surface area (Å²) in [6, 6.07) is 5.13. The number of pyridine rings is 1. The highest BCUT2D eigenvalue weighted by molar-refractivity contribution is 5.88. The van der Waals surface area contributed by atoms with Gasteiger partial charge in [-0.2, -0.15) is 0 Å². The van der Waals surface area contributed by atoms with Gasteiger partial charge in [-0.05, 0) is 37.8 Å². The number of aryl methyl sites for hydroxylation is 1. The Bertz CT molecular complexity index is 444. The highest BCUT2D eigenvalue weighted by Crippen LogP contribution is 2.26. The third-order valence-electron chi connectivity index (χ3n) is 3.80. The molecular weight excluding hydrogens is 254 g/mol. The van der Waals surface area contributed by atoms with Crippen molar-refractivity contribution in [3.8, 4) is 0 Å². The van der Waals surface area contributed by atoms with Gasteiger partial charge in [-0.15, -0.1) is 0 Å². The molecule has 0 spiro atoms. The van der Waals surface area contributed by atoms with Gasteiger partial charge in [0.25, 0.3) is 0 Å². The number of hydrogen-bond acceptors (Lipinski definition) is 3. The first-order chi connectivity index (χ1) is 9.65. The average molecular weight is 277 g/mol. The minimum absolute atomic E-state index is 0.294. The number of rotatable bonds is 4. The van der Waals surface area contributed by atoms with Gasteiger partial charge in [-0.25, -0.2) is 9.78 Å². The lowest BCUT2D eigenvalue weighted by atomic mass is 9.85. The number of aliphatic hydroxyl groups is 1. The summed E-state index contributed by atoms with van der Waals surface area (Å²) >= 11 is 0. The number of aromatic nitrogens is 1. The van der Waals surface area contributed by atoms with Crippen molar-refractivity contribution in [2.75, 3.05) is 11.9 Å². The second-order valence-electron chi connectivity index (χ2n) is 5.46. The van der Waals surface area contributed by atoms with E-state index in [9.17, 15) is 9.90 Å². The second kappa shape index (κ2) is 7.24. The number of hydrogen-bond donors (Lipinski definition) is 3. The molecule has 110 valence electrons. The third-order valence-corrected chi connectivity index (χ3v) is 3.80. The van der Waals surface area contributed by atoms with Crippen LogP contribution in [0.1, 0.15) is 37.8 Å². The lowest BCUT2D eigenvalue weighted by Crippen LogP contribution is -2.39. The SMILES string of the molecule is Cc1cccc(NC(=O)NCC(O)C2CCCCC2)n1. The van der Waals surface area contributed by atoms with E-state index in [0.29, 0.717) is 18.3 Å². The number of carbonyl (C=O) groups excluding carboxylic acids is 1. The molecule has 1 aromatic heterocycles. The molecule has 1 atom stereocenters. The van der Waals surface area contributed by atoms with E-state index in [-0.39, 0.29) is 6.03 Å². The van der Waals surface area contributed by atoms with Crippen LogP contribution in [0.15, 0.2) is 18.2 Å². The summed E-state index contributed by atoms with van der Waals surface area (Å²) in [6.07, 6.45) is 5.29. The molecule has 0 aromatic carbocycles. The van der Waals surface area contributed by atoms with Crippen molar-refractivity contribution >= 4 is 11.8 Å². The van der Waals surface area contributed by atoms with Crippen molar-refractivity contribution in [2.24, 2.45) is 5.92 Å². The molecule has 0 aliphatic heterocycles. The molecule has 5 heteroatoms. The summed E-state index contributed by atoms with van der Waals surface area (Å²) in [6.45, 7) is 2.16. The van der Waals surface area contributed by atoms with Crippen molar-refractivity contribution in [1.82, 2.24) is 10.3 Å². The summed E-state index contributed by atoms with van der Waals surface area (Å²) < 4.78 is 0. The summed E-state index contributed by atoms with van der Waals surface area (Å²) in [5.41, 5.74) is 0.852. The molecule has 1 unspecified atom stereocenters. The second-order valence-corrected chi connectivity index (χ2v) is 5.46. The van der Waals surface area contributed by atoms with Crippen LogP contribution in [0.2, 0.25) is 0 Å². The maximum Gasteiger partial charge on any atom is 0.320 e. The highest BCUT2D eigenvalue weighted by atomic mass is 16.3. The number of urea groups is 1. The minimum atomic E-state index is -0.452. The largest absolute Gasteiger partial charge is 0.391 e. The molecule has 0 saturated heterocycles. The molecule has 1 aliphatic rings. The van der Waals surface area contributed by atoms with Crippen LogP contribution in [-0.2, 0) is 0 Å². The maximum absolute atomic E-state index is 11.7. The smallest absolute Gasteiger partial charge is 0.320 e. The maximum atomic E-state index is 11.7. The zero-order valence-corrected chi connectivity index (χ0v) is 11.9. The molecule has 0 bridgehead atoms. The Hall–Kier alpha value is -1.62. The summed E-state index contributed by atoms with van der Waals surface area (Å²) in [4.78, 5) is 15.9. The zero-order chi connectivity index (χ0) is 14.4. The molecule has 1 aromatic rings. The standard InChI is InChI=1S/C15H23N3O2/c1-11-6-5-9-14(17-11)18-15(20)16-10-13(19)12-7-3-2-4-8-12/h5-6,9,12-13,19H,2-4,7-8,10H2,1H3,(H2,16,17,18,20). The summed E-state index contributed by atoms with van der Waals surface area (Å²) in [5, 5.41) is 15.5. The van der Waals surface area contributed by atoms with Gasteiger partial charge in [-0.3, -0.25) is 5.32 Å². The molecular formula is C15H23N3O2. The van der Waals surface area contributed by atoms with Gasteiger partial charge < -0.3 is 10.4 Å². The number of amides is 2. The van der Waals surface area contributed by atoms with Crippen LogP contribution >= 0.6 is 0 Å². The van der Waals surface area contributed by atoms with E-state index in [0.717, 1.165) is 18.5 Å². The molecule has 1 fully saturated rings. The van der Waals surface area contributed by atoms with Crippen LogP contribution in [0.5, 0.6) is 0 Å². The van der Waals surface area contributed by atoms with Gasteiger partial charge in [-0.1, -0.05) is 25.3 Å². The fourth-order valence-electron chi connectivity index (χ4n) is 2.66. The van der Waals surface area contributed by atoms with E-state index < -0.39 is 6.10 Å². The van der Waals surface area contributed by atoms with Gasteiger partial charge in [0.15, 0.2) is 0 Å². The lowest BCUT2D eigenvalue weighted by Gasteiger charge is -2.26. The molecule has 1 heterocycles. The van der Waals surface area contributed by atoms with Crippen LogP contribution in [0.3, 0.4) is 0 Å². The molecule has 3 N–H and O–H groups in total. The van der Waals surface area contributed by atoms with Crippen molar-refractivity contribution in [3.05, 3.63) is 23.9 Å². The Labute approximate surface area is 119 Å². The van der Waals surface area contributed by atoms with E-state index in [1.165, 1.54) is 19.3 Å². The highest BCUT2D eigenvalue weighted by Gasteiger charge is 2.21. The number of anilines is 1. The zero-order valence-electron chi connectivity index (χ0n) is 11.9. The first kappa shape index (κ1) is 14.8. The molecule has 5 nitrogen and oxygen atoms in total. The Morgan fingerprint density at radius 3 is 2.85 bits per heavy atom. The van der Waals surface area contributed by atoms with Crippen LogP contribution in [0.25, 0.3) is 0 Å². The monoisotopic (exact) mass is 277 g/mol. The lowest BCUT2D eigenvalue weighted by molar-refractivity contribution is 0.0863. The molecule has 1 saturated carbocycles. The predicted octanol–water partition coefficient (Wildman–Crippen LogP) is 2.45. The van der Waals surface area contributed by atoms with Crippen molar-refractivity contribution < 1.29 is 9.90 Å². The Morgan fingerprint density at radius 2 is 2.15 bits per heavy atom. The van der Waals surface area contributed by atoms with Gasteiger partial charge in [0.05, 0.1) is 6.10 Å². The van der Waals surface area contributed by atoms with Crippen LogP contribution in [0, 0.1) is 12.8 Å². The number of carbonyl (C=O) groups is 1. The number of aliphatic hydroxyl groups excluding tert-OH is 1. The summed E-state index contributed by atoms with van der Waals surface area (Å²) in [7, 11) is 0. The fraction of sp³-hybridized carbons (Fsp3) is 0.600. The Balaban J connectivity index is 1.74. The van der Waals surface area contributed by atoms with E-state index in [1.54, 1.807) is 6.07 Å². The number of nitrogens with one attached hydrogen (secondary N) is 2. The van der Waals surface area contributed by atoms with Crippen molar-refractivity contribution in [2.45, 2.75) is 45.1 Å². The topological polar surface area (TPSA) is 74.2 Å². The molecule has 2 rings (SSSR count). The van der Waals surface area contributed by atoms with Gasteiger partial charge >= 0.3 is 6.03 Å². The Kier molecular flexibility index (Phi) is 5.35. The van der Waals surface area contributed by atoms with Crippen molar-refractivity contribution in [1.29, 1.82) is 0 Å². The van der Waals surface area contributed by atoms with Gasteiger partial charge in [0, 0.05) is 12.2 Å². The fourth-order valence-corrected chi connectivity index (χ4v) is 2.66. The van der Waals surface area contributed by atoms with Crippen molar-refractivity contribution in [3.63, 3.8) is 0 Å². The van der Waals surface area contributed by atoms with Gasteiger partial charge in [0.2, 0.25) is 0 Å². The quantitative estimate of drug-likeness (QED) is 0.791. The third kappa shape index (κ3) is 4.49. The predicted molar refractivity (Wildman–Crippen MR) is 78.6 cm³/mol. The van der Waals surface area contributed by atoms with E-state index in [4.69, 9.17) is 0 Å². The number of nitrogens with zero attached hydrogens (tertiary/aromatic N) is 1. The van der Waals surface area contributed by atoms with Crippen LogP contribution in [0.4, 0.5) is 10.6 Å². The summed E-state index contributed by atoms with van der Waals surface area (Å²) in [5.74, 6) is 0.843. The molecule has 2 amide bonds. The van der Waals surface area contributed by atoms with Gasteiger partial charge in [0.1, 0.15) is 5.82 Å². The average Bonchev–Trinajstić information content (AvgIpc) is 2.46. The van der Waals surface area contributed by atoms with E-state index >= 15 is 0 Å². The first-order valence-electron chi connectivity index (χ1n) is 7.32. The normalized spacial score (nSPS) is 17.5. The molecule has 20 heavy (non-hydrogen) atoms. The van der Waals surface area contributed by atoms with Crippen LogP contribution in [-0.4, -0.2) is 28.8 Å². The van der Waals surface area contributed by atoms with E-state index in [2.05, 4.69) is 15.6 Å². The van der Waals surface area contributed by atoms with Crippen LogP contribution < -0.4 is 10.6 Å². The Morgan fingerprint density at radius 1 is 1.40 bits per heavy atom.